The van der Waals surface area contributed by atoms with Gasteiger partial charge in [0.15, 0.2) is 5.82 Å². The highest BCUT2D eigenvalue weighted by Crippen LogP contribution is 2.37. The van der Waals surface area contributed by atoms with E-state index in [-0.39, 0.29) is 22.0 Å². The second-order valence-corrected chi connectivity index (χ2v) is 10.2. The molecule has 46 heavy (non-hydrogen) atoms. The molecule has 0 unspecified atom stereocenters. The first kappa shape index (κ1) is 32.1. The molecule has 3 N–H and O–H groups in total. The number of aromatic amines is 1. The van der Waals surface area contributed by atoms with Crippen LogP contribution >= 0.6 is 0 Å². The van der Waals surface area contributed by atoms with Crippen molar-refractivity contribution in [3.05, 3.63) is 93.3 Å². The minimum atomic E-state index is -4.92. The molecular weight excluding hydrogens is 634 g/mol. The molecule has 0 radical (unpaired) electrons. The van der Waals surface area contributed by atoms with Crippen molar-refractivity contribution in [3.63, 3.8) is 0 Å². The van der Waals surface area contributed by atoms with Crippen molar-refractivity contribution in [1.82, 2.24) is 24.8 Å². The number of nitrogens with one attached hydrogen (secondary N) is 2. The zero-order valence-corrected chi connectivity index (χ0v) is 23.1. The van der Waals surface area contributed by atoms with Crippen LogP contribution < -0.4 is 10.9 Å². The molecule has 0 fully saturated rings. The molecule has 5 aromatic rings. The van der Waals surface area contributed by atoms with Crippen LogP contribution in [0.3, 0.4) is 0 Å². The molecule has 0 saturated heterocycles. The first-order valence-electron chi connectivity index (χ1n) is 13.1. The Morgan fingerprint density at radius 1 is 1.07 bits per heavy atom. The van der Waals surface area contributed by atoms with Crippen LogP contribution in [0.1, 0.15) is 27.3 Å². The number of halogens is 8. The number of nitrogens with zero attached hydrogens (tertiary/aromatic N) is 3. The lowest BCUT2D eigenvalue weighted by molar-refractivity contribution is -0.139. The number of carbonyl (C=O) groups excluding carboxylic acids is 1. The van der Waals surface area contributed by atoms with Crippen molar-refractivity contribution < 1.29 is 49.8 Å². The van der Waals surface area contributed by atoms with Gasteiger partial charge < -0.3 is 20.0 Å². The quantitative estimate of drug-likeness (QED) is 0.205. The first-order valence-corrected chi connectivity index (χ1v) is 13.1. The minimum Gasteiger partial charge on any atom is -0.480 e. The SMILES string of the molecule is Cn1ccc(C(F)(F)F)c(-c2nccc3c(C[C@H](NC(=O)c4c(F)cc5[nH]c(CC(F)(F)F)nc5c4F)C(=O)O)cccc23)c1=O. The highest BCUT2D eigenvalue weighted by molar-refractivity contribution is 6.01. The van der Waals surface area contributed by atoms with Crippen molar-refractivity contribution >= 4 is 33.7 Å². The molecule has 0 spiro atoms. The van der Waals surface area contributed by atoms with Gasteiger partial charge in [-0.05, 0) is 23.1 Å². The number of hydrogen-bond acceptors (Lipinski definition) is 5. The number of H-pyrrole nitrogens is 1. The van der Waals surface area contributed by atoms with Crippen LogP contribution in [0.5, 0.6) is 0 Å². The van der Waals surface area contributed by atoms with Gasteiger partial charge in [-0.25, -0.2) is 18.6 Å². The number of benzene rings is 2. The average molecular weight is 653 g/mol. The summed E-state index contributed by atoms with van der Waals surface area (Å²) in [5, 5.41) is 12.0. The van der Waals surface area contributed by atoms with E-state index in [1.54, 1.807) is 0 Å². The average Bonchev–Trinajstić information content (AvgIpc) is 3.34. The van der Waals surface area contributed by atoms with Crippen molar-refractivity contribution in [2.45, 2.75) is 31.2 Å². The Morgan fingerprint density at radius 2 is 1.78 bits per heavy atom. The van der Waals surface area contributed by atoms with Crippen molar-refractivity contribution in [3.8, 4) is 11.3 Å². The van der Waals surface area contributed by atoms with Crippen molar-refractivity contribution in [2.24, 2.45) is 7.05 Å². The number of fused-ring (bicyclic) bond motifs is 2. The summed E-state index contributed by atoms with van der Waals surface area (Å²) < 4.78 is 111. The van der Waals surface area contributed by atoms with Crippen LogP contribution in [0.2, 0.25) is 0 Å². The summed E-state index contributed by atoms with van der Waals surface area (Å²) in [7, 11) is 1.25. The summed E-state index contributed by atoms with van der Waals surface area (Å²) in [6.07, 6.45) is -9.74. The van der Waals surface area contributed by atoms with E-state index < -0.39 is 93.9 Å². The van der Waals surface area contributed by atoms with Crippen LogP contribution in [0.25, 0.3) is 33.1 Å². The summed E-state index contributed by atoms with van der Waals surface area (Å²) in [4.78, 5) is 47.5. The largest absolute Gasteiger partial charge is 0.480 e. The third-order valence-corrected chi connectivity index (χ3v) is 7.05. The Balaban J connectivity index is 1.52. The Bertz CT molecular complexity index is 2090. The van der Waals surface area contributed by atoms with Crippen LogP contribution in [0.4, 0.5) is 35.1 Å². The van der Waals surface area contributed by atoms with E-state index in [2.05, 4.69) is 15.0 Å². The molecule has 240 valence electrons. The number of alkyl halides is 6. The van der Waals surface area contributed by atoms with E-state index in [9.17, 15) is 50.2 Å². The lowest BCUT2D eigenvalue weighted by Crippen LogP contribution is -2.43. The van der Waals surface area contributed by atoms with Gasteiger partial charge in [-0.15, -0.1) is 0 Å². The maximum atomic E-state index is 15.2. The van der Waals surface area contributed by atoms with Crippen molar-refractivity contribution in [1.29, 1.82) is 0 Å². The molecule has 5 rings (SSSR count). The Labute approximate surface area is 251 Å². The summed E-state index contributed by atoms with van der Waals surface area (Å²) in [5.41, 5.74) is -5.74. The molecule has 0 saturated carbocycles. The molecule has 9 nitrogen and oxygen atoms in total. The highest BCUT2D eigenvalue weighted by atomic mass is 19.4. The molecule has 3 heterocycles. The third-order valence-electron chi connectivity index (χ3n) is 7.05. The van der Waals surface area contributed by atoms with Gasteiger partial charge in [0.2, 0.25) is 0 Å². The first-order chi connectivity index (χ1) is 21.5. The predicted octanol–water partition coefficient (Wildman–Crippen LogP) is 5.30. The van der Waals surface area contributed by atoms with E-state index in [0.29, 0.717) is 12.1 Å². The molecule has 2 aromatic carbocycles. The van der Waals surface area contributed by atoms with Gasteiger partial charge in [-0.2, -0.15) is 26.3 Å². The molecule has 0 aliphatic carbocycles. The number of carbonyl (C=O) groups is 2. The molecule has 1 atom stereocenters. The molecule has 1 amide bonds. The third kappa shape index (κ3) is 6.12. The van der Waals surface area contributed by atoms with Gasteiger partial charge in [-0.1, -0.05) is 18.2 Å². The molecule has 17 heteroatoms. The van der Waals surface area contributed by atoms with Gasteiger partial charge in [0, 0.05) is 37.3 Å². The van der Waals surface area contributed by atoms with E-state index in [1.165, 1.54) is 31.3 Å². The molecular formula is C29H19F8N5O4. The van der Waals surface area contributed by atoms with Gasteiger partial charge in [-0.3, -0.25) is 14.6 Å². The number of pyridine rings is 2. The van der Waals surface area contributed by atoms with Crippen LogP contribution in [-0.4, -0.2) is 48.7 Å². The monoisotopic (exact) mass is 653 g/mol. The number of aliphatic carboxylic acids is 1. The van der Waals surface area contributed by atoms with Crippen LogP contribution in [-0.2, 0) is 30.9 Å². The number of amides is 1. The van der Waals surface area contributed by atoms with E-state index in [4.69, 9.17) is 0 Å². The fourth-order valence-corrected chi connectivity index (χ4v) is 5.01. The number of imidazole rings is 1. The number of carboxylic acids is 1. The lowest BCUT2D eigenvalue weighted by Gasteiger charge is -2.18. The van der Waals surface area contributed by atoms with E-state index in [0.717, 1.165) is 17.0 Å². The lowest BCUT2D eigenvalue weighted by atomic mass is 9.95. The normalized spacial score (nSPS) is 12.9. The fraction of sp³-hybridized carbons (Fsp3) is 0.207. The number of aromatic nitrogens is 4. The second-order valence-electron chi connectivity index (χ2n) is 10.2. The number of aryl methyl sites for hydroxylation is 1. The summed E-state index contributed by atoms with van der Waals surface area (Å²) >= 11 is 0. The fourth-order valence-electron chi connectivity index (χ4n) is 5.01. The number of rotatable bonds is 7. The highest BCUT2D eigenvalue weighted by Gasteiger charge is 2.36. The summed E-state index contributed by atoms with van der Waals surface area (Å²) in [5.74, 6) is -7.12. The van der Waals surface area contributed by atoms with E-state index in [1.807, 2.05) is 5.32 Å². The summed E-state index contributed by atoms with van der Waals surface area (Å²) in [6.45, 7) is 0. The molecule has 0 aliphatic rings. The molecule has 3 aromatic heterocycles. The second kappa shape index (κ2) is 11.5. The maximum absolute atomic E-state index is 15.2. The molecule has 0 bridgehead atoms. The van der Waals surface area contributed by atoms with Crippen LogP contribution in [0.15, 0.2) is 53.6 Å². The zero-order chi connectivity index (χ0) is 33.7. The van der Waals surface area contributed by atoms with Crippen LogP contribution in [0, 0.1) is 11.6 Å². The smallest absolute Gasteiger partial charge is 0.417 e. The Morgan fingerprint density at radius 3 is 2.43 bits per heavy atom. The minimum absolute atomic E-state index is 0.0417. The Hall–Kier alpha value is -5.35. The van der Waals surface area contributed by atoms with Gasteiger partial charge in [0.25, 0.3) is 11.5 Å². The maximum Gasteiger partial charge on any atom is 0.417 e. The standard InChI is InChI=1S/C29H19F8N5O4/c1-42-8-6-15(29(35,36)37)20(26(42)44)23-14-4-2-3-12(13(14)5-7-38-23)9-18(27(45)46)40-25(43)21-16(30)10-17-24(22(21)31)41-19(39-17)11-28(32,33)34/h2-8,10,18H,9,11H2,1H3,(H,39,41)(H,40,43)(H,45,46)/t18-/m0/s1. The predicted molar refractivity (Wildman–Crippen MR) is 146 cm³/mol. The molecule has 0 aliphatic heterocycles. The van der Waals surface area contributed by atoms with Gasteiger partial charge >= 0.3 is 18.3 Å². The van der Waals surface area contributed by atoms with Crippen molar-refractivity contribution in [2.75, 3.05) is 0 Å². The number of hydrogen-bond donors (Lipinski definition) is 3. The zero-order valence-electron chi connectivity index (χ0n) is 23.1. The summed E-state index contributed by atoms with van der Waals surface area (Å²) in [6, 6.07) is 4.84. The van der Waals surface area contributed by atoms with E-state index >= 15 is 4.39 Å². The van der Waals surface area contributed by atoms with Gasteiger partial charge in [0.05, 0.1) is 22.3 Å². The Kier molecular flexibility index (Phi) is 8.04. The number of carboxylic acid groups (broad SMARTS) is 1. The van der Waals surface area contributed by atoms with Gasteiger partial charge in [0.1, 0.15) is 35.2 Å². The topological polar surface area (TPSA) is 130 Å².